The standard InChI is InChI=1S/C20H18ClF3O3/c21-15-5-8-17(27-19(23)24)13(11-15)12-26-18(25)20(9-1-2-10-20)14-3-6-16(22)7-4-14/h3-8,11,19H,1-2,9-10,12H2. The molecule has 7 heteroatoms. The van der Waals surface area contributed by atoms with Gasteiger partial charge in [0.1, 0.15) is 18.2 Å². The van der Waals surface area contributed by atoms with E-state index in [9.17, 15) is 18.0 Å². The summed E-state index contributed by atoms with van der Waals surface area (Å²) in [6.45, 7) is -3.24. The van der Waals surface area contributed by atoms with Crippen LogP contribution in [0.25, 0.3) is 0 Å². The van der Waals surface area contributed by atoms with E-state index in [1.165, 1.54) is 30.3 Å². The Kier molecular flexibility index (Phi) is 5.95. The lowest BCUT2D eigenvalue weighted by atomic mass is 9.79. The number of benzene rings is 2. The van der Waals surface area contributed by atoms with Crippen molar-refractivity contribution in [2.24, 2.45) is 0 Å². The molecule has 0 aromatic heterocycles. The lowest BCUT2D eigenvalue weighted by Gasteiger charge is -2.27. The van der Waals surface area contributed by atoms with Gasteiger partial charge in [0.25, 0.3) is 0 Å². The van der Waals surface area contributed by atoms with Crippen molar-refractivity contribution in [3.05, 3.63) is 64.4 Å². The third kappa shape index (κ3) is 4.38. The third-order valence-corrected chi connectivity index (χ3v) is 5.08. The van der Waals surface area contributed by atoms with Gasteiger partial charge in [-0.25, -0.2) is 4.39 Å². The fourth-order valence-corrected chi connectivity index (χ4v) is 3.71. The van der Waals surface area contributed by atoms with Crippen molar-refractivity contribution in [1.29, 1.82) is 0 Å². The maximum Gasteiger partial charge on any atom is 0.387 e. The van der Waals surface area contributed by atoms with Crippen LogP contribution in [-0.2, 0) is 21.6 Å². The minimum atomic E-state index is -3.00. The number of hydrogen-bond donors (Lipinski definition) is 0. The van der Waals surface area contributed by atoms with Crippen molar-refractivity contribution in [3.8, 4) is 5.75 Å². The van der Waals surface area contributed by atoms with Gasteiger partial charge in [-0.15, -0.1) is 0 Å². The predicted octanol–water partition coefficient (Wildman–Crippen LogP) is 5.64. The number of hydrogen-bond acceptors (Lipinski definition) is 3. The Morgan fingerprint density at radius 1 is 1.11 bits per heavy atom. The van der Waals surface area contributed by atoms with Crippen molar-refractivity contribution in [2.45, 2.75) is 44.3 Å². The molecule has 2 aromatic carbocycles. The molecule has 0 spiro atoms. The Morgan fingerprint density at radius 3 is 2.41 bits per heavy atom. The van der Waals surface area contributed by atoms with Gasteiger partial charge >= 0.3 is 12.6 Å². The van der Waals surface area contributed by atoms with Gasteiger partial charge in [0, 0.05) is 10.6 Å². The summed E-state index contributed by atoms with van der Waals surface area (Å²) in [6, 6.07) is 9.96. The summed E-state index contributed by atoms with van der Waals surface area (Å²) in [5.41, 5.74) is 0.0978. The Hall–Kier alpha value is -2.21. The molecule has 0 unspecified atom stereocenters. The van der Waals surface area contributed by atoms with Gasteiger partial charge < -0.3 is 9.47 Å². The molecule has 0 aliphatic heterocycles. The lowest BCUT2D eigenvalue weighted by Crippen LogP contribution is -2.34. The molecule has 2 aromatic rings. The van der Waals surface area contributed by atoms with Crippen molar-refractivity contribution in [2.75, 3.05) is 0 Å². The second-order valence-electron chi connectivity index (χ2n) is 6.50. The van der Waals surface area contributed by atoms with Gasteiger partial charge in [0.2, 0.25) is 0 Å². The predicted molar refractivity (Wildman–Crippen MR) is 94.4 cm³/mol. The zero-order valence-corrected chi connectivity index (χ0v) is 15.1. The number of carbonyl (C=O) groups is 1. The molecule has 3 rings (SSSR count). The molecule has 0 atom stereocenters. The van der Waals surface area contributed by atoms with E-state index < -0.39 is 18.0 Å². The van der Waals surface area contributed by atoms with E-state index in [-0.39, 0.29) is 23.7 Å². The summed E-state index contributed by atoms with van der Waals surface area (Å²) in [5, 5.41) is 0.316. The summed E-state index contributed by atoms with van der Waals surface area (Å²) in [4.78, 5) is 12.9. The molecular formula is C20H18ClF3O3. The molecule has 1 aliphatic rings. The summed E-state index contributed by atoms with van der Waals surface area (Å²) in [6.07, 6.45) is 2.88. The largest absolute Gasteiger partial charge is 0.460 e. The topological polar surface area (TPSA) is 35.5 Å². The average Bonchev–Trinajstić information content (AvgIpc) is 3.13. The first-order valence-corrected chi connectivity index (χ1v) is 8.95. The highest BCUT2D eigenvalue weighted by Crippen LogP contribution is 2.42. The molecule has 0 radical (unpaired) electrons. The zero-order valence-electron chi connectivity index (χ0n) is 14.4. The van der Waals surface area contributed by atoms with Crippen LogP contribution < -0.4 is 4.74 Å². The van der Waals surface area contributed by atoms with Crippen LogP contribution in [0.4, 0.5) is 13.2 Å². The SMILES string of the molecule is O=C(OCc1cc(Cl)ccc1OC(F)F)C1(c2ccc(F)cc2)CCCC1. The molecule has 27 heavy (non-hydrogen) atoms. The van der Waals surface area contributed by atoms with Gasteiger partial charge in [0.15, 0.2) is 0 Å². The Bertz CT molecular complexity index is 803. The molecule has 1 fully saturated rings. The number of esters is 1. The molecule has 3 nitrogen and oxygen atoms in total. The van der Waals surface area contributed by atoms with Crippen molar-refractivity contribution in [3.63, 3.8) is 0 Å². The first-order valence-electron chi connectivity index (χ1n) is 8.57. The quantitative estimate of drug-likeness (QED) is 0.591. The monoisotopic (exact) mass is 398 g/mol. The minimum Gasteiger partial charge on any atom is -0.460 e. The molecule has 0 bridgehead atoms. The molecule has 0 N–H and O–H groups in total. The molecule has 1 aliphatic carbocycles. The molecule has 0 saturated heterocycles. The maximum absolute atomic E-state index is 13.3. The van der Waals surface area contributed by atoms with Crippen molar-refractivity contribution in [1.82, 2.24) is 0 Å². The molecule has 0 heterocycles. The normalized spacial score (nSPS) is 15.7. The van der Waals surface area contributed by atoms with Gasteiger partial charge in [-0.2, -0.15) is 8.78 Å². The summed E-state index contributed by atoms with van der Waals surface area (Å²) in [5.74, 6) is -0.938. The number of carbonyl (C=O) groups excluding carboxylic acids is 1. The third-order valence-electron chi connectivity index (χ3n) is 4.84. The van der Waals surface area contributed by atoms with Gasteiger partial charge in [0.05, 0.1) is 5.41 Å². The summed E-state index contributed by atoms with van der Waals surface area (Å²) < 4.78 is 48.3. The highest BCUT2D eigenvalue weighted by molar-refractivity contribution is 6.30. The van der Waals surface area contributed by atoms with E-state index in [2.05, 4.69) is 4.74 Å². The van der Waals surface area contributed by atoms with Gasteiger partial charge in [-0.3, -0.25) is 4.79 Å². The van der Waals surface area contributed by atoms with Crippen LogP contribution in [0.15, 0.2) is 42.5 Å². The Morgan fingerprint density at radius 2 is 1.78 bits per heavy atom. The van der Waals surface area contributed by atoms with Gasteiger partial charge in [-0.05, 0) is 48.7 Å². The number of halogens is 4. The molecule has 144 valence electrons. The summed E-state index contributed by atoms with van der Waals surface area (Å²) in [7, 11) is 0. The van der Waals surface area contributed by atoms with E-state index in [1.54, 1.807) is 12.1 Å². The fraction of sp³-hybridized carbons (Fsp3) is 0.350. The number of alkyl halides is 2. The zero-order chi connectivity index (χ0) is 19.4. The average molecular weight is 399 g/mol. The van der Waals surface area contributed by atoms with E-state index in [0.29, 0.717) is 23.4 Å². The van der Waals surface area contributed by atoms with Crippen LogP contribution >= 0.6 is 11.6 Å². The van der Waals surface area contributed by atoms with Crippen LogP contribution in [0.1, 0.15) is 36.8 Å². The number of rotatable bonds is 6. The highest BCUT2D eigenvalue weighted by Gasteiger charge is 2.44. The smallest absolute Gasteiger partial charge is 0.387 e. The molecule has 0 amide bonds. The highest BCUT2D eigenvalue weighted by atomic mass is 35.5. The van der Waals surface area contributed by atoms with E-state index in [1.807, 2.05) is 0 Å². The van der Waals surface area contributed by atoms with E-state index in [4.69, 9.17) is 16.3 Å². The Balaban J connectivity index is 1.80. The summed E-state index contributed by atoms with van der Waals surface area (Å²) >= 11 is 5.91. The van der Waals surface area contributed by atoms with Crippen LogP contribution in [0.3, 0.4) is 0 Å². The first-order chi connectivity index (χ1) is 12.9. The van der Waals surface area contributed by atoms with Gasteiger partial charge in [-0.1, -0.05) is 36.6 Å². The molecular weight excluding hydrogens is 381 g/mol. The fourth-order valence-electron chi connectivity index (χ4n) is 3.51. The van der Waals surface area contributed by atoms with Crippen molar-refractivity contribution < 1.29 is 27.4 Å². The first kappa shape index (κ1) is 19.5. The lowest BCUT2D eigenvalue weighted by molar-refractivity contribution is -0.152. The van der Waals surface area contributed by atoms with Crippen LogP contribution in [-0.4, -0.2) is 12.6 Å². The van der Waals surface area contributed by atoms with E-state index in [0.717, 1.165) is 12.8 Å². The second-order valence-corrected chi connectivity index (χ2v) is 6.94. The number of ether oxygens (including phenoxy) is 2. The van der Waals surface area contributed by atoms with E-state index >= 15 is 0 Å². The Labute approximate surface area is 160 Å². The van der Waals surface area contributed by atoms with Crippen molar-refractivity contribution >= 4 is 17.6 Å². The second kappa shape index (κ2) is 8.21. The minimum absolute atomic E-state index is 0.0931. The molecule has 1 saturated carbocycles. The maximum atomic E-state index is 13.3. The van der Waals surface area contributed by atoms with Crippen LogP contribution in [0.2, 0.25) is 5.02 Å². The van der Waals surface area contributed by atoms with Crippen LogP contribution in [0, 0.1) is 5.82 Å². The van der Waals surface area contributed by atoms with Crippen LogP contribution in [0.5, 0.6) is 5.75 Å².